The maximum Gasteiger partial charge on any atom is 0.410 e. The fraction of sp³-hybridized carbons (Fsp3) is 0.429. The van der Waals surface area contributed by atoms with Crippen LogP contribution in [0.15, 0.2) is 16.6 Å². The lowest BCUT2D eigenvalue weighted by molar-refractivity contribution is 0.0241. The number of benzene rings is 1. The Balaban J connectivity index is 2.19. The summed E-state index contributed by atoms with van der Waals surface area (Å²) in [7, 11) is 0. The van der Waals surface area contributed by atoms with E-state index < -0.39 is 11.6 Å². The van der Waals surface area contributed by atoms with Gasteiger partial charge in [0.15, 0.2) is 0 Å². The van der Waals surface area contributed by atoms with Crippen molar-refractivity contribution in [3.63, 3.8) is 0 Å². The zero-order valence-corrected chi connectivity index (χ0v) is 13.2. The summed E-state index contributed by atoms with van der Waals surface area (Å²) in [5.41, 5.74) is 1.44. The normalized spacial score (nSPS) is 14.1. The van der Waals surface area contributed by atoms with E-state index in [1.165, 1.54) is 0 Å². The molecule has 0 radical (unpaired) electrons. The molecule has 1 N–H and O–H groups in total. The molecule has 0 bridgehead atoms. The summed E-state index contributed by atoms with van der Waals surface area (Å²) in [5, 5.41) is 9.09. The van der Waals surface area contributed by atoms with Crippen LogP contribution in [0.5, 0.6) is 0 Å². The maximum absolute atomic E-state index is 12.0. The minimum Gasteiger partial charge on any atom is -0.478 e. The molecular formula is C14H16BrNO4. The molecule has 1 aromatic rings. The molecule has 0 spiro atoms. The average molecular weight is 342 g/mol. The zero-order chi connectivity index (χ0) is 15.1. The lowest BCUT2D eigenvalue weighted by atomic mass is 10.1. The van der Waals surface area contributed by atoms with Gasteiger partial charge in [0.2, 0.25) is 0 Å². The number of amides is 1. The molecule has 5 nitrogen and oxygen atoms in total. The summed E-state index contributed by atoms with van der Waals surface area (Å²) < 4.78 is 5.84. The van der Waals surface area contributed by atoms with Gasteiger partial charge in [0, 0.05) is 17.6 Å². The number of carbonyl (C=O) groups excluding carboxylic acids is 1. The Morgan fingerprint density at radius 3 is 2.30 bits per heavy atom. The van der Waals surface area contributed by atoms with Gasteiger partial charge < -0.3 is 9.84 Å². The fourth-order valence-electron chi connectivity index (χ4n) is 2.04. The smallest absolute Gasteiger partial charge is 0.410 e. The first kappa shape index (κ1) is 14.8. The number of hydrogen-bond acceptors (Lipinski definition) is 3. The molecule has 0 saturated heterocycles. The lowest BCUT2D eigenvalue weighted by Crippen LogP contribution is -2.33. The van der Waals surface area contributed by atoms with Crippen LogP contribution < -0.4 is 0 Å². The van der Waals surface area contributed by atoms with Crippen molar-refractivity contribution in [1.82, 2.24) is 4.90 Å². The highest BCUT2D eigenvalue weighted by atomic mass is 79.9. The van der Waals surface area contributed by atoms with Gasteiger partial charge in [-0.25, -0.2) is 9.59 Å². The van der Waals surface area contributed by atoms with Gasteiger partial charge >= 0.3 is 12.1 Å². The monoisotopic (exact) mass is 341 g/mol. The number of carboxylic acids is 1. The second kappa shape index (κ2) is 5.09. The Labute approximate surface area is 125 Å². The molecule has 1 aliphatic rings. The minimum atomic E-state index is -0.990. The second-order valence-corrected chi connectivity index (χ2v) is 6.60. The average Bonchev–Trinajstić information content (AvgIpc) is 2.68. The molecule has 6 heteroatoms. The summed E-state index contributed by atoms with van der Waals surface area (Å²) in [4.78, 5) is 24.7. The Bertz CT molecular complexity index is 577. The maximum atomic E-state index is 12.0. The minimum absolute atomic E-state index is 0.204. The number of fused-ring (bicyclic) bond motifs is 1. The molecule has 0 fully saturated rings. The van der Waals surface area contributed by atoms with Gasteiger partial charge in [0.25, 0.3) is 0 Å². The van der Waals surface area contributed by atoms with Gasteiger partial charge in [-0.2, -0.15) is 0 Å². The highest BCUT2D eigenvalue weighted by Crippen LogP contribution is 2.30. The van der Waals surface area contributed by atoms with Crippen LogP contribution in [0, 0.1) is 0 Å². The van der Waals surface area contributed by atoms with Crippen molar-refractivity contribution in [3.8, 4) is 0 Å². The molecule has 1 aliphatic heterocycles. The zero-order valence-electron chi connectivity index (χ0n) is 11.6. The summed E-state index contributed by atoms with van der Waals surface area (Å²) in [6.07, 6.45) is -0.387. The van der Waals surface area contributed by atoms with E-state index in [0.29, 0.717) is 17.6 Å². The largest absolute Gasteiger partial charge is 0.478 e. The van der Waals surface area contributed by atoms with E-state index in [2.05, 4.69) is 15.9 Å². The third kappa shape index (κ3) is 3.12. The van der Waals surface area contributed by atoms with E-state index in [1.54, 1.807) is 17.0 Å². The van der Waals surface area contributed by atoms with Gasteiger partial charge in [-0.15, -0.1) is 0 Å². The predicted molar refractivity (Wildman–Crippen MR) is 76.6 cm³/mol. The third-order valence-electron chi connectivity index (χ3n) is 2.89. The Morgan fingerprint density at radius 2 is 1.80 bits per heavy atom. The number of nitrogens with zero attached hydrogens (tertiary/aromatic N) is 1. The number of carboxylic acid groups (broad SMARTS) is 1. The predicted octanol–water partition coefficient (Wildman–Crippen LogP) is 3.40. The molecule has 0 saturated carbocycles. The number of aromatic carboxylic acids is 1. The fourth-order valence-corrected chi connectivity index (χ4v) is 2.60. The van der Waals surface area contributed by atoms with Crippen LogP contribution >= 0.6 is 15.9 Å². The van der Waals surface area contributed by atoms with Gasteiger partial charge in [-0.3, -0.25) is 4.90 Å². The van der Waals surface area contributed by atoms with Crippen LogP contribution in [0.4, 0.5) is 4.79 Å². The number of rotatable bonds is 1. The van der Waals surface area contributed by atoms with Gasteiger partial charge in [0.1, 0.15) is 5.60 Å². The molecule has 108 valence electrons. The van der Waals surface area contributed by atoms with Crippen molar-refractivity contribution in [3.05, 3.63) is 33.3 Å². The van der Waals surface area contributed by atoms with E-state index in [9.17, 15) is 9.59 Å². The molecule has 1 aromatic carbocycles. The topological polar surface area (TPSA) is 66.8 Å². The number of hydrogen-bond donors (Lipinski definition) is 1. The van der Waals surface area contributed by atoms with Crippen molar-refractivity contribution in [2.75, 3.05) is 0 Å². The molecular weight excluding hydrogens is 326 g/mol. The molecule has 0 aromatic heterocycles. The Morgan fingerprint density at radius 1 is 1.25 bits per heavy atom. The van der Waals surface area contributed by atoms with Crippen molar-refractivity contribution >= 4 is 28.0 Å². The van der Waals surface area contributed by atoms with Crippen molar-refractivity contribution < 1.29 is 19.4 Å². The van der Waals surface area contributed by atoms with E-state index in [0.717, 1.165) is 11.1 Å². The van der Waals surface area contributed by atoms with Crippen LogP contribution in [-0.2, 0) is 17.8 Å². The van der Waals surface area contributed by atoms with E-state index in [1.807, 2.05) is 20.8 Å². The van der Waals surface area contributed by atoms with Crippen LogP contribution in [0.3, 0.4) is 0 Å². The second-order valence-electron chi connectivity index (χ2n) is 5.74. The highest BCUT2D eigenvalue weighted by Gasteiger charge is 2.29. The van der Waals surface area contributed by atoms with Crippen LogP contribution in [0.1, 0.15) is 42.3 Å². The third-order valence-corrected chi connectivity index (χ3v) is 3.55. The van der Waals surface area contributed by atoms with Gasteiger partial charge in [-0.05, 0) is 60.0 Å². The quantitative estimate of drug-likeness (QED) is 0.849. The highest BCUT2D eigenvalue weighted by molar-refractivity contribution is 9.10. The van der Waals surface area contributed by atoms with Crippen molar-refractivity contribution in [2.45, 2.75) is 39.5 Å². The van der Waals surface area contributed by atoms with Gasteiger partial charge in [0.05, 0.1) is 5.56 Å². The first-order valence-corrected chi connectivity index (χ1v) is 6.99. The molecule has 1 heterocycles. The summed E-state index contributed by atoms with van der Waals surface area (Å²) in [6, 6.07) is 3.36. The molecule has 20 heavy (non-hydrogen) atoms. The van der Waals surface area contributed by atoms with Crippen molar-refractivity contribution in [1.29, 1.82) is 0 Å². The first-order chi connectivity index (χ1) is 9.17. The van der Waals surface area contributed by atoms with Crippen LogP contribution in [0.2, 0.25) is 0 Å². The molecule has 2 rings (SSSR count). The number of carbonyl (C=O) groups is 2. The summed E-state index contributed by atoms with van der Waals surface area (Å²) in [6.45, 7) is 6.24. The number of ether oxygens (including phenoxy) is 1. The van der Waals surface area contributed by atoms with E-state index >= 15 is 0 Å². The number of halogens is 1. The molecule has 0 aliphatic carbocycles. The summed E-state index contributed by atoms with van der Waals surface area (Å²) in [5.74, 6) is -0.990. The Hall–Kier alpha value is -1.56. The van der Waals surface area contributed by atoms with E-state index in [-0.39, 0.29) is 11.7 Å². The SMILES string of the molecule is CC(C)(C)OC(=O)N1Cc2cc(Br)c(C(=O)O)cc2C1. The van der Waals surface area contributed by atoms with Gasteiger partial charge in [-0.1, -0.05) is 0 Å². The van der Waals surface area contributed by atoms with Crippen LogP contribution in [0.25, 0.3) is 0 Å². The molecule has 0 atom stereocenters. The lowest BCUT2D eigenvalue weighted by Gasteiger charge is -2.24. The van der Waals surface area contributed by atoms with Crippen LogP contribution in [-0.4, -0.2) is 27.7 Å². The standard InChI is InChI=1S/C14H16BrNO4/c1-14(2,3)20-13(19)16-6-8-4-10(12(17)18)11(15)5-9(8)7-16/h4-5H,6-7H2,1-3H3,(H,17,18). The Kier molecular flexibility index (Phi) is 3.77. The van der Waals surface area contributed by atoms with Crippen molar-refractivity contribution in [2.24, 2.45) is 0 Å². The first-order valence-electron chi connectivity index (χ1n) is 6.20. The summed E-state index contributed by atoms with van der Waals surface area (Å²) >= 11 is 3.24. The molecule has 0 unspecified atom stereocenters. The van der Waals surface area contributed by atoms with E-state index in [4.69, 9.17) is 9.84 Å². The molecule has 1 amide bonds.